The first-order chi connectivity index (χ1) is 9.25. The molecule has 3 heteroatoms. The number of carboxylic acid groups (broad SMARTS) is 1. The lowest BCUT2D eigenvalue weighted by Gasteiger charge is -2.06. The predicted molar refractivity (Wildman–Crippen MR) is 75.9 cm³/mol. The van der Waals surface area contributed by atoms with Gasteiger partial charge in [-0.05, 0) is 23.8 Å². The number of fused-ring (bicyclic) bond motifs is 2. The smallest absolute Gasteiger partial charge is 0.328 e. The second-order valence-electron chi connectivity index (χ2n) is 4.23. The fourth-order valence-corrected chi connectivity index (χ4v) is 2.21. The van der Waals surface area contributed by atoms with Gasteiger partial charge in [-0.15, -0.1) is 0 Å². The molecule has 0 aliphatic rings. The molecule has 3 nitrogen and oxygen atoms in total. The molecule has 0 amide bonds. The van der Waals surface area contributed by atoms with Crippen LogP contribution in [-0.4, -0.2) is 16.1 Å². The van der Waals surface area contributed by atoms with Crippen LogP contribution in [0.5, 0.6) is 0 Å². The Morgan fingerprint density at radius 3 is 2.00 bits per heavy atom. The Bertz CT molecular complexity index is 752. The molecule has 0 bridgehead atoms. The Kier molecular flexibility index (Phi) is 2.72. The number of carboxylic acids is 1. The molecule has 2 aromatic carbocycles. The van der Waals surface area contributed by atoms with Crippen molar-refractivity contribution in [3.8, 4) is 0 Å². The molecule has 0 fully saturated rings. The summed E-state index contributed by atoms with van der Waals surface area (Å²) in [6.45, 7) is 0. The topological polar surface area (TPSA) is 50.2 Å². The van der Waals surface area contributed by atoms with E-state index in [-0.39, 0.29) is 0 Å². The Balaban J connectivity index is 2.42. The third kappa shape index (κ3) is 2.06. The highest BCUT2D eigenvalue weighted by atomic mass is 16.4. The van der Waals surface area contributed by atoms with E-state index in [1.54, 1.807) is 6.08 Å². The fraction of sp³-hybridized carbons (Fsp3) is 0. The normalized spacial score (nSPS) is 11.4. The Hall–Kier alpha value is -2.68. The first-order valence-electron chi connectivity index (χ1n) is 5.94. The monoisotopic (exact) mass is 249 g/mol. The van der Waals surface area contributed by atoms with Gasteiger partial charge < -0.3 is 5.11 Å². The van der Waals surface area contributed by atoms with E-state index in [1.165, 1.54) is 0 Å². The number of nitrogens with zero attached hydrogens (tertiary/aromatic N) is 1. The molecule has 0 aliphatic carbocycles. The van der Waals surface area contributed by atoms with Crippen molar-refractivity contribution in [3.05, 3.63) is 60.2 Å². The Morgan fingerprint density at radius 2 is 1.47 bits per heavy atom. The van der Waals surface area contributed by atoms with Crippen molar-refractivity contribution in [3.63, 3.8) is 0 Å². The summed E-state index contributed by atoms with van der Waals surface area (Å²) in [5.41, 5.74) is 2.63. The zero-order chi connectivity index (χ0) is 13.2. The maximum absolute atomic E-state index is 10.7. The van der Waals surface area contributed by atoms with Crippen LogP contribution in [0.15, 0.2) is 54.6 Å². The van der Waals surface area contributed by atoms with E-state index in [4.69, 9.17) is 5.11 Å². The van der Waals surface area contributed by atoms with Gasteiger partial charge in [0.2, 0.25) is 0 Å². The van der Waals surface area contributed by atoms with E-state index >= 15 is 0 Å². The molecule has 0 saturated carbocycles. The third-order valence-corrected chi connectivity index (χ3v) is 3.02. The molecule has 0 atom stereocenters. The van der Waals surface area contributed by atoms with Crippen LogP contribution in [0, 0.1) is 0 Å². The van der Waals surface area contributed by atoms with Crippen molar-refractivity contribution in [1.29, 1.82) is 0 Å². The van der Waals surface area contributed by atoms with Crippen LogP contribution >= 0.6 is 0 Å². The lowest BCUT2D eigenvalue weighted by molar-refractivity contribution is -0.131. The molecule has 1 heterocycles. The molecular formula is C16H11NO2. The van der Waals surface area contributed by atoms with Crippen molar-refractivity contribution in [1.82, 2.24) is 4.98 Å². The second-order valence-corrected chi connectivity index (χ2v) is 4.23. The number of rotatable bonds is 2. The quantitative estimate of drug-likeness (QED) is 0.558. The fourth-order valence-electron chi connectivity index (χ4n) is 2.21. The van der Waals surface area contributed by atoms with Gasteiger partial charge in [0.25, 0.3) is 0 Å². The maximum Gasteiger partial charge on any atom is 0.328 e. The summed E-state index contributed by atoms with van der Waals surface area (Å²) in [5.74, 6) is -0.954. The van der Waals surface area contributed by atoms with Crippen molar-refractivity contribution in [2.45, 2.75) is 0 Å². The largest absolute Gasteiger partial charge is 0.478 e. The van der Waals surface area contributed by atoms with Gasteiger partial charge in [0.1, 0.15) is 0 Å². The van der Waals surface area contributed by atoms with E-state index in [1.807, 2.05) is 48.5 Å². The summed E-state index contributed by atoms with van der Waals surface area (Å²) in [7, 11) is 0. The highest BCUT2D eigenvalue weighted by molar-refractivity contribution is 6.04. The molecule has 92 valence electrons. The number of pyridine rings is 1. The Labute approximate surface area is 109 Å². The van der Waals surface area contributed by atoms with Crippen LogP contribution in [0.3, 0.4) is 0 Å². The summed E-state index contributed by atoms with van der Waals surface area (Å²) in [6, 6.07) is 15.5. The van der Waals surface area contributed by atoms with E-state index < -0.39 is 5.97 Å². The van der Waals surface area contributed by atoms with E-state index in [0.29, 0.717) is 0 Å². The molecule has 0 spiro atoms. The molecule has 3 rings (SSSR count). The van der Waals surface area contributed by atoms with Crippen LogP contribution in [0.25, 0.3) is 27.9 Å². The molecule has 19 heavy (non-hydrogen) atoms. The van der Waals surface area contributed by atoms with Crippen LogP contribution < -0.4 is 0 Å². The van der Waals surface area contributed by atoms with E-state index in [0.717, 1.165) is 33.4 Å². The highest BCUT2D eigenvalue weighted by Crippen LogP contribution is 2.26. The number of benzene rings is 2. The molecule has 0 unspecified atom stereocenters. The lowest BCUT2D eigenvalue weighted by Crippen LogP contribution is -1.90. The van der Waals surface area contributed by atoms with Crippen LogP contribution in [0.1, 0.15) is 5.56 Å². The van der Waals surface area contributed by atoms with Crippen molar-refractivity contribution in [2.75, 3.05) is 0 Å². The van der Waals surface area contributed by atoms with Crippen molar-refractivity contribution in [2.24, 2.45) is 0 Å². The minimum atomic E-state index is -0.954. The highest BCUT2D eigenvalue weighted by Gasteiger charge is 2.06. The number of aromatic nitrogens is 1. The molecule has 1 aromatic heterocycles. The van der Waals surface area contributed by atoms with E-state index in [2.05, 4.69) is 4.98 Å². The van der Waals surface area contributed by atoms with Crippen molar-refractivity contribution < 1.29 is 9.90 Å². The molecule has 0 radical (unpaired) electrons. The van der Waals surface area contributed by atoms with Gasteiger partial charge in [0, 0.05) is 16.8 Å². The third-order valence-electron chi connectivity index (χ3n) is 3.02. The maximum atomic E-state index is 10.7. The van der Waals surface area contributed by atoms with E-state index in [9.17, 15) is 4.79 Å². The minimum absolute atomic E-state index is 0.867. The van der Waals surface area contributed by atoms with Gasteiger partial charge in [0.05, 0.1) is 11.0 Å². The van der Waals surface area contributed by atoms with Gasteiger partial charge in [0.15, 0.2) is 0 Å². The molecule has 0 saturated heterocycles. The summed E-state index contributed by atoms with van der Waals surface area (Å²) < 4.78 is 0. The number of hydrogen-bond acceptors (Lipinski definition) is 2. The SMILES string of the molecule is O=C(O)/C=C/c1c2ccccc2nc2ccccc12. The standard InChI is InChI=1S/C16H11NO2/c18-16(19)10-9-11-12-5-1-3-7-14(12)17-15-8-4-2-6-13(11)15/h1-10H,(H,18,19)/b10-9+. The zero-order valence-corrected chi connectivity index (χ0v) is 10.1. The van der Waals surface area contributed by atoms with Crippen LogP contribution in [0.4, 0.5) is 0 Å². The molecule has 3 aromatic rings. The van der Waals surface area contributed by atoms with Gasteiger partial charge in [-0.2, -0.15) is 0 Å². The first kappa shape index (κ1) is 11.4. The van der Waals surface area contributed by atoms with Gasteiger partial charge >= 0.3 is 5.97 Å². The summed E-state index contributed by atoms with van der Waals surface area (Å²) in [6.07, 6.45) is 2.79. The summed E-state index contributed by atoms with van der Waals surface area (Å²) >= 11 is 0. The molecular weight excluding hydrogens is 238 g/mol. The summed E-state index contributed by atoms with van der Waals surface area (Å²) in [5, 5.41) is 10.7. The average molecular weight is 249 g/mol. The lowest BCUT2D eigenvalue weighted by atomic mass is 10.0. The number of hydrogen-bond donors (Lipinski definition) is 1. The zero-order valence-electron chi connectivity index (χ0n) is 10.1. The van der Waals surface area contributed by atoms with Gasteiger partial charge in [-0.25, -0.2) is 9.78 Å². The predicted octanol–water partition coefficient (Wildman–Crippen LogP) is 3.49. The molecule has 1 N–H and O–H groups in total. The summed E-state index contributed by atoms with van der Waals surface area (Å²) in [4.78, 5) is 15.3. The number of carbonyl (C=O) groups is 1. The van der Waals surface area contributed by atoms with Gasteiger partial charge in [-0.3, -0.25) is 0 Å². The number of para-hydroxylation sites is 2. The molecule has 0 aliphatic heterocycles. The first-order valence-corrected chi connectivity index (χ1v) is 5.94. The minimum Gasteiger partial charge on any atom is -0.478 e. The van der Waals surface area contributed by atoms with Gasteiger partial charge in [-0.1, -0.05) is 36.4 Å². The second kappa shape index (κ2) is 4.53. The Morgan fingerprint density at radius 1 is 0.947 bits per heavy atom. The number of aliphatic carboxylic acids is 1. The van der Waals surface area contributed by atoms with Crippen LogP contribution in [0.2, 0.25) is 0 Å². The van der Waals surface area contributed by atoms with Crippen LogP contribution in [-0.2, 0) is 4.79 Å². The average Bonchev–Trinajstić information content (AvgIpc) is 2.43. The van der Waals surface area contributed by atoms with Crippen molar-refractivity contribution >= 4 is 33.9 Å².